The summed E-state index contributed by atoms with van der Waals surface area (Å²) in [5, 5.41) is 7.67. The van der Waals surface area contributed by atoms with Gasteiger partial charge in [0.05, 0.1) is 23.6 Å². The lowest BCUT2D eigenvalue weighted by atomic mass is 10.1. The largest absolute Gasteiger partial charge is 0.335 e. The van der Waals surface area contributed by atoms with Crippen molar-refractivity contribution in [3.05, 3.63) is 66.4 Å². The van der Waals surface area contributed by atoms with E-state index in [1.807, 2.05) is 41.3 Å². The number of hydrogen-bond acceptors (Lipinski definition) is 4. The lowest BCUT2D eigenvalue weighted by molar-refractivity contribution is 0.0728. The van der Waals surface area contributed by atoms with E-state index in [1.165, 1.54) is 0 Å². The van der Waals surface area contributed by atoms with Crippen LogP contribution in [0.15, 0.2) is 55.0 Å². The van der Waals surface area contributed by atoms with E-state index in [0.717, 1.165) is 41.7 Å². The van der Waals surface area contributed by atoms with Gasteiger partial charge in [-0.2, -0.15) is 5.10 Å². The van der Waals surface area contributed by atoms with Crippen LogP contribution in [0.4, 0.5) is 0 Å². The first-order valence-corrected chi connectivity index (χ1v) is 9.00. The number of rotatable bonds is 3. The maximum atomic E-state index is 13.1. The number of hydrogen-bond donors (Lipinski definition) is 2. The van der Waals surface area contributed by atoms with Gasteiger partial charge in [0.15, 0.2) is 0 Å². The monoisotopic (exact) mass is 358 g/mol. The van der Waals surface area contributed by atoms with Gasteiger partial charge in [-0.1, -0.05) is 6.07 Å². The van der Waals surface area contributed by atoms with E-state index in [-0.39, 0.29) is 11.9 Å². The predicted octanol–water partition coefficient (Wildman–Crippen LogP) is 3.33. The highest BCUT2D eigenvalue weighted by Crippen LogP contribution is 2.32. The van der Waals surface area contributed by atoms with Crippen molar-refractivity contribution in [2.45, 2.75) is 18.9 Å². The molecule has 0 radical (unpaired) electrons. The van der Waals surface area contributed by atoms with Crippen molar-refractivity contribution in [3.8, 4) is 11.3 Å². The number of carbonyl (C=O) groups excluding carboxylic acids is 1. The van der Waals surface area contributed by atoms with Crippen LogP contribution >= 0.6 is 0 Å². The predicted molar refractivity (Wildman–Crippen MR) is 101 cm³/mol. The first-order valence-electron chi connectivity index (χ1n) is 9.00. The van der Waals surface area contributed by atoms with Gasteiger partial charge >= 0.3 is 0 Å². The van der Waals surface area contributed by atoms with Crippen molar-refractivity contribution in [2.24, 2.45) is 0 Å². The van der Waals surface area contributed by atoms with Crippen LogP contribution in [0, 0.1) is 0 Å². The van der Waals surface area contributed by atoms with Gasteiger partial charge in [0, 0.05) is 29.9 Å². The summed E-state index contributed by atoms with van der Waals surface area (Å²) in [5.41, 5.74) is 3.92. The van der Waals surface area contributed by atoms with Crippen LogP contribution < -0.4 is 0 Å². The van der Waals surface area contributed by atoms with Crippen molar-refractivity contribution in [2.75, 3.05) is 6.54 Å². The Bertz CT molecular complexity index is 1090. The Morgan fingerprint density at radius 1 is 1.22 bits per heavy atom. The number of pyridine rings is 2. The molecule has 4 aromatic heterocycles. The minimum absolute atomic E-state index is 0.00832. The molecule has 0 aromatic carbocycles. The van der Waals surface area contributed by atoms with E-state index in [2.05, 4.69) is 25.1 Å². The van der Waals surface area contributed by atoms with Gasteiger partial charge in [0.2, 0.25) is 0 Å². The third kappa shape index (κ3) is 2.77. The lowest BCUT2D eigenvalue weighted by Crippen LogP contribution is -2.31. The Morgan fingerprint density at radius 3 is 3.00 bits per heavy atom. The summed E-state index contributed by atoms with van der Waals surface area (Å²) < 4.78 is 0. The molecule has 7 nitrogen and oxygen atoms in total. The summed E-state index contributed by atoms with van der Waals surface area (Å²) in [7, 11) is 0. The first-order chi connectivity index (χ1) is 13.3. The highest BCUT2D eigenvalue weighted by molar-refractivity contribution is 5.98. The van der Waals surface area contributed by atoms with E-state index < -0.39 is 0 Å². The van der Waals surface area contributed by atoms with Crippen LogP contribution in [0.5, 0.6) is 0 Å². The van der Waals surface area contributed by atoms with Crippen molar-refractivity contribution >= 4 is 16.9 Å². The lowest BCUT2D eigenvalue weighted by Gasteiger charge is -2.23. The normalized spacial score (nSPS) is 16.9. The number of amides is 1. The molecule has 1 unspecified atom stereocenters. The molecular weight excluding hydrogens is 340 g/mol. The zero-order valence-electron chi connectivity index (χ0n) is 14.6. The smallest absolute Gasteiger partial charge is 0.270 e. The van der Waals surface area contributed by atoms with Crippen LogP contribution in [-0.2, 0) is 0 Å². The van der Waals surface area contributed by atoms with Crippen molar-refractivity contribution in [1.82, 2.24) is 30.0 Å². The zero-order chi connectivity index (χ0) is 18.2. The molecule has 134 valence electrons. The van der Waals surface area contributed by atoms with Gasteiger partial charge < -0.3 is 9.88 Å². The fourth-order valence-electron chi connectivity index (χ4n) is 3.72. The van der Waals surface area contributed by atoms with Gasteiger partial charge in [0.1, 0.15) is 11.3 Å². The molecule has 27 heavy (non-hydrogen) atoms. The second kappa shape index (κ2) is 6.35. The third-order valence-corrected chi connectivity index (χ3v) is 5.05. The molecule has 0 aliphatic carbocycles. The molecule has 5 heterocycles. The van der Waals surface area contributed by atoms with Gasteiger partial charge in [0.25, 0.3) is 5.91 Å². The molecule has 1 amide bonds. The minimum atomic E-state index is -0.00832. The van der Waals surface area contributed by atoms with Crippen molar-refractivity contribution in [3.63, 3.8) is 0 Å². The number of likely N-dealkylation sites (tertiary alicyclic amines) is 1. The first kappa shape index (κ1) is 15.7. The van der Waals surface area contributed by atoms with E-state index in [4.69, 9.17) is 0 Å². The van der Waals surface area contributed by atoms with Crippen LogP contribution in [0.2, 0.25) is 0 Å². The summed E-state index contributed by atoms with van der Waals surface area (Å²) in [6.07, 6.45) is 7.22. The Labute approximate surface area is 155 Å². The van der Waals surface area contributed by atoms with E-state index in [1.54, 1.807) is 18.6 Å². The number of nitrogens with zero attached hydrogens (tertiary/aromatic N) is 4. The molecule has 1 atom stereocenters. The molecule has 7 heteroatoms. The number of fused-ring (bicyclic) bond motifs is 1. The van der Waals surface area contributed by atoms with Crippen LogP contribution in [0.1, 0.15) is 35.1 Å². The van der Waals surface area contributed by atoms with E-state index in [9.17, 15) is 4.79 Å². The average molecular weight is 358 g/mol. The zero-order valence-corrected chi connectivity index (χ0v) is 14.6. The Balaban J connectivity index is 1.47. The molecule has 1 aliphatic heterocycles. The van der Waals surface area contributed by atoms with Gasteiger partial charge in [-0.05, 0) is 43.2 Å². The molecule has 0 saturated carbocycles. The second-order valence-electron chi connectivity index (χ2n) is 6.72. The molecule has 0 bridgehead atoms. The highest BCUT2D eigenvalue weighted by atomic mass is 16.2. The van der Waals surface area contributed by atoms with E-state index >= 15 is 0 Å². The number of aromatic nitrogens is 5. The molecule has 0 spiro atoms. The topological polar surface area (TPSA) is 90.6 Å². The number of nitrogens with one attached hydrogen (secondary N) is 2. The minimum Gasteiger partial charge on any atom is -0.335 e. The maximum Gasteiger partial charge on any atom is 0.270 e. The SMILES string of the molecule is O=C(c1cc2ccc(-c3cn[nH]c3)nc2[nH]1)N1CCCC1c1ccccn1. The van der Waals surface area contributed by atoms with Gasteiger partial charge in [-0.25, -0.2) is 4.98 Å². The quantitative estimate of drug-likeness (QED) is 0.588. The van der Waals surface area contributed by atoms with E-state index in [0.29, 0.717) is 11.3 Å². The highest BCUT2D eigenvalue weighted by Gasteiger charge is 2.32. The summed E-state index contributed by atoms with van der Waals surface area (Å²) >= 11 is 0. The van der Waals surface area contributed by atoms with Crippen LogP contribution in [0.3, 0.4) is 0 Å². The summed E-state index contributed by atoms with van der Waals surface area (Å²) in [4.78, 5) is 27.3. The average Bonchev–Trinajstić information content (AvgIpc) is 3.47. The summed E-state index contributed by atoms with van der Waals surface area (Å²) in [6.45, 7) is 0.739. The van der Waals surface area contributed by atoms with Gasteiger partial charge in [-0.15, -0.1) is 0 Å². The molecule has 1 aliphatic rings. The maximum absolute atomic E-state index is 13.1. The molecule has 4 aromatic rings. The molecule has 1 saturated heterocycles. The number of carbonyl (C=O) groups is 1. The van der Waals surface area contributed by atoms with Crippen LogP contribution in [0.25, 0.3) is 22.3 Å². The van der Waals surface area contributed by atoms with Crippen LogP contribution in [-0.4, -0.2) is 42.5 Å². The molecule has 5 rings (SSSR count). The number of aromatic amines is 2. The van der Waals surface area contributed by atoms with Crippen molar-refractivity contribution < 1.29 is 4.79 Å². The standard InChI is InChI=1S/C20H18N6O/c27-20(26-9-3-5-18(26)16-4-1-2-8-21-16)17-10-13-6-7-15(24-19(13)25-17)14-11-22-23-12-14/h1-2,4,6-8,10-12,18H,3,5,9H2,(H,22,23)(H,24,25). The molecule has 1 fully saturated rings. The fraction of sp³-hybridized carbons (Fsp3) is 0.200. The summed E-state index contributed by atoms with van der Waals surface area (Å²) in [6, 6.07) is 11.6. The third-order valence-electron chi connectivity index (χ3n) is 5.05. The Hall–Kier alpha value is -3.48. The van der Waals surface area contributed by atoms with Gasteiger partial charge in [-0.3, -0.25) is 14.9 Å². The fourth-order valence-corrected chi connectivity index (χ4v) is 3.72. The second-order valence-corrected chi connectivity index (χ2v) is 6.72. The Kier molecular flexibility index (Phi) is 3.71. The molecular formula is C20H18N6O. The Morgan fingerprint density at radius 2 is 2.19 bits per heavy atom. The van der Waals surface area contributed by atoms with Crippen molar-refractivity contribution in [1.29, 1.82) is 0 Å². The summed E-state index contributed by atoms with van der Waals surface area (Å²) in [5.74, 6) is -0.00832. The number of H-pyrrole nitrogens is 2. The molecule has 2 N–H and O–H groups in total.